The first kappa shape index (κ1) is 24.1. The van der Waals surface area contributed by atoms with E-state index in [0.29, 0.717) is 42.3 Å². The minimum atomic E-state index is -0.373. The van der Waals surface area contributed by atoms with Gasteiger partial charge in [0.25, 0.3) is 0 Å². The number of nitrogens with zero attached hydrogens (tertiary/aromatic N) is 3. The van der Waals surface area contributed by atoms with E-state index in [9.17, 15) is 9.18 Å². The summed E-state index contributed by atoms with van der Waals surface area (Å²) in [4.78, 5) is 18.7. The van der Waals surface area contributed by atoms with E-state index in [2.05, 4.69) is 34.2 Å². The Morgan fingerprint density at radius 3 is 2.74 bits per heavy atom. The molecular weight excluding hydrogens is 447 g/mol. The van der Waals surface area contributed by atoms with Gasteiger partial charge in [0.05, 0.1) is 13.0 Å². The number of hydrogen-bond acceptors (Lipinski definition) is 6. The number of piperidine rings is 1. The number of ether oxygens (including phenoxy) is 1. The molecule has 0 bridgehead atoms. The average molecular weight is 485 g/mol. The van der Waals surface area contributed by atoms with E-state index in [0.717, 1.165) is 50.0 Å². The summed E-state index contributed by atoms with van der Waals surface area (Å²) in [5.74, 6) is 3.92. The zero-order valence-corrected chi connectivity index (χ0v) is 20.8. The number of aromatic nitrogens is 2. The van der Waals surface area contributed by atoms with Crippen LogP contribution >= 0.6 is 0 Å². The smallest absolute Gasteiger partial charge is 0.324 e. The number of halogens is 1. The van der Waals surface area contributed by atoms with E-state index < -0.39 is 0 Å². The molecule has 190 valence electrons. The van der Waals surface area contributed by atoms with Gasteiger partial charge in [0.15, 0.2) is 5.82 Å². The molecule has 0 spiro atoms. The van der Waals surface area contributed by atoms with E-state index in [-0.39, 0.29) is 24.1 Å². The normalized spacial score (nSPS) is 22.5. The van der Waals surface area contributed by atoms with Crippen LogP contribution in [0.15, 0.2) is 22.7 Å². The van der Waals surface area contributed by atoms with Crippen LogP contribution in [0.3, 0.4) is 0 Å². The maximum absolute atomic E-state index is 14.4. The number of carbonyl (C=O) groups excluding carboxylic acids is 1. The average Bonchev–Trinajstić information content (AvgIpc) is 3.77. The predicted molar refractivity (Wildman–Crippen MR) is 131 cm³/mol. The van der Waals surface area contributed by atoms with Gasteiger partial charge in [-0.25, -0.2) is 4.39 Å². The van der Waals surface area contributed by atoms with Gasteiger partial charge in [-0.3, -0.25) is 4.79 Å². The maximum atomic E-state index is 14.4. The number of nitrogens with one attached hydrogen (secondary N) is 1. The van der Waals surface area contributed by atoms with Crippen LogP contribution in [0.4, 0.5) is 10.4 Å². The molecule has 1 saturated heterocycles. The first-order valence-corrected chi connectivity index (χ1v) is 13.2. The van der Waals surface area contributed by atoms with Crippen LogP contribution in [0, 0.1) is 29.5 Å². The molecule has 2 atom stereocenters. The highest BCUT2D eigenvalue weighted by Gasteiger charge is 2.43. The van der Waals surface area contributed by atoms with E-state index >= 15 is 0 Å². The molecular formula is C27H37FN4O3. The molecule has 2 aromatic rings. The van der Waals surface area contributed by atoms with Gasteiger partial charge in [0, 0.05) is 31.6 Å². The Balaban J connectivity index is 1.000. The molecule has 5 rings (SSSR count). The summed E-state index contributed by atoms with van der Waals surface area (Å²) < 4.78 is 25.7. The maximum Gasteiger partial charge on any atom is 0.324 e. The minimum absolute atomic E-state index is 0.0762. The van der Waals surface area contributed by atoms with Crippen LogP contribution in [0.25, 0.3) is 0 Å². The molecule has 1 amide bonds. The predicted octanol–water partition coefficient (Wildman–Crippen LogP) is 4.72. The molecule has 1 aliphatic heterocycles. The van der Waals surface area contributed by atoms with Crippen LogP contribution < -0.4 is 15.0 Å². The first-order chi connectivity index (χ1) is 17.0. The summed E-state index contributed by atoms with van der Waals surface area (Å²) in [6.45, 7) is 7.38. The Bertz CT molecular complexity index is 1010. The van der Waals surface area contributed by atoms with E-state index in [1.54, 1.807) is 12.1 Å². The van der Waals surface area contributed by atoms with E-state index in [4.69, 9.17) is 9.26 Å². The van der Waals surface area contributed by atoms with Crippen LogP contribution in [0.1, 0.15) is 69.7 Å². The van der Waals surface area contributed by atoms with Gasteiger partial charge >= 0.3 is 6.01 Å². The zero-order valence-electron chi connectivity index (χ0n) is 20.8. The molecule has 2 aliphatic carbocycles. The van der Waals surface area contributed by atoms with Crippen molar-refractivity contribution in [2.45, 2.75) is 64.7 Å². The van der Waals surface area contributed by atoms with Crippen molar-refractivity contribution >= 4 is 11.9 Å². The highest BCUT2D eigenvalue weighted by atomic mass is 19.1. The molecule has 35 heavy (non-hydrogen) atoms. The molecule has 2 heterocycles. The molecule has 2 unspecified atom stereocenters. The first-order valence-electron chi connectivity index (χ1n) is 13.2. The second-order valence-electron chi connectivity index (χ2n) is 10.9. The lowest BCUT2D eigenvalue weighted by Crippen LogP contribution is -2.34. The second-order valence-corrected chi connectivity index (χ2v) is 10.9. The number of amides is 1. The summed E-state index contributed by atoms with van der Waals surface area (Å²) in [6.07, 6.45) is 7.01. The minimum Gasteiger partial charge on any atom is -0.493 e. The zero-order chi connectivity index (χ0) is 24.4. The van der Waals surface area contributed by atoms with E-state index in [1.165, 1.54) is 25.3 Å². The summed E-state index contributed by atoms with van der Waals surface area (Å²) in [7, 11) is 0. The Kier molecular flexibility index (Phi) is 7.25. The van der Waals surface area contributed by atoms with Crippen molar-refractivity contribution in [1.29, 1.82) is 0 Å². The Morgan fingerprint density at radius 1 is 1.26 bits per heavy atom. The third-order valence-electron chi connectivity index (χ3n) is 7.76. The fourth-order valence-corrected chi connectivity index (χ4v) is 5.19. The highest BCUT2D eigenvalue weighted by molar-refractivity contribution is 5.78. The summed E-state index contributed by atoms with van der Waals surface area (Å²) >= 11 is 0. The third-order valence-corrected chi connectivity index (χ3v) is 7.76. The highest BCUT2D eigenvalue weighted by Crippen LogP contribution is 2.50. The van der Waals surface area contributed by atoms with Crippen LogP contribution in [0.5, 0.6) is 5.75 Å². The van der Waals surface area contributed by atoms with Gasteiger partial charge in [-0.15, -0.1) is 0 Å². The SMILES string of the molecule is CC(C)c1noc(N2CCC(C3CC3CCOc3ccc(CC(=O)NCC4CC4)c(F)c3)CC2)n1. The molecule has 7 nitrogen and oxygen atoms in total. The number of carbonyl (C=O) groups is 1. The van der Waals surface area contributed by atoms with Crippen molar-refractivity contribution in [2.24, 2.45) is 23.7 Å². The molecule has 1 aromatic heterocycles. The lowest BCUT2D eigenvalue weighted by Gasteiger charge is -2.30. The molecule has 8 heteroatoms. The number of anilines is 1. The largest absolute Gasteiger partial charge is 0.493 e. The van der Waals surface area contributed by atoms with Gasteiger partial charge < -0.3 is 19.5 Å². The van der Waals surface area contributed by atoms with Crippen molar-refractivity contribution in [3.05, 3.63) is 35.4 Å². The van der Waals surface area contributed by atoms with Crippen LogP contribution in [-0.2, 0) is 11.2 Å². The summed E-state index contributed by atoms with van der Waals surface area (Å²) in [6, 6.07) is 5.51. The van der Waals surface area contributed by atoms with Gasteiger partial charge in [-0.2, -0.15) is 4.98 Å². The number of benzene rings is 1. The summed E-state index contributed by atoms with van der Waals surface area (Å²) in [5.41, 5.74) is 0.417. The Morgan fingerprint density at radius 2 is 2.06 bits per heavy atom. The fraction of sp³-hybridized carbons (Fsp3) is 0.667. The van der Waals surface area contributed by atoms with Crippen molar-refractivity contribution in [1.82, 2.24) is 15.5 Å². The number of rotatable bonds is 11. The van der Waals surface area contributed by atoms with Gasteiger partial charge in [-0.1, -0.05) is 25.1 Å². The molecule has 0 radical (unpaired) electrons. The van der Waals surface area contributed by atoms with Crippen molar-refractivity contribution < 1.29 is 18.4 Å². The quantitative estimate of drug-likeness (QED) is 0.497. The summed E-state index contributed by atoms with van der Waals surface area (Å²) in [5, 5.41) is 6.97. The monoisotopic (exact) mass is 484 g/mol. The Hall–Kier alpha value is -2.64. The van der Waals surface area contributed by atoms with Gasteiger partial charge in [0.2, 0.25) is 5.91 Å². The topological polar surface area (TPSA) is 80.5 Å². The van der Waals surface area contributed by atoms with Gasteiger partial charge in [0.1, 0.15) is 11.6 Å². The third kappa shape index (κ3) is 6.33. The van der Waals surface area contributed by atoms with Crippen molar-refractivity contribution in [2.75, 3.05) is 31.1 Å². The lowest BCUT2D eigenvalue weighted by atomic mass is 9.90. The number of hydrogen-bond donors (Lipinski definition) is 1. The molecule has 1 N–H and O–H groups in total. The molecule has 1 aromatic carbocycles. The van der Waals surface area contributed by atoms with Crippen molar-refractivity contribution in [3.8, 4) is 5.75 Å². The standard InChI is InChI=1S/C27H37FN4O3/c1-17(2)26-30-27(35-31-26)32-10-7-19(8-11-32)23-13-20(23)9-12-34-22-6-5-21(24(28)15-22)14-25(33)29-16-18-3-4-18/h5-6,15,17-20,23H,3-4,7-14,16H2,1-2H3,(H,29,33). The fourth-order valence-electron chi connectivity index (χ4n) is 5.19. The van der Waals surface area contributed by atoms with Crippen LogP contribution in [-0.4, -0.2) is 42.3 Å². The lowest BCUT2D eigenvalue weighted by molar-refractivity contribution is -0.120. The van der Waals surface area contributed by atoms with E-state index in [1.807, 2.05) is 0 Å². The van der Waals surface area contributed by atoms with Gasteiger partial charge in [-0.05, 0) is 73.8 Å². The molecule has 3 aliphatic rings. The van der Waals surface area contributed by atoms with Crippen LogP contribution in [0.2, 0.25) is 0 Å². The molecule has 2 saturated carbocycles. The second kappa shape index (κ2) is 10.5. The molecule has 3 fully saturated rings. The Labute approximate surface area is 206 Å². The van der Waals surface area contributed by atoms with Crippen molar-refractivity contribution in [3.63, 3.8) is 0 Å².